The first-order valence-electron chi connectivity index (χ1n) is 6.46. The number of carbonyl (C=O) groups excluding carboxylic acids is 1. The molecular weight excluding hydrogens is 260 g/mol. The van der Waals surface area contributed by atoms with Crippen LogP contribution in [0.5, 0.6) is 11.5 Å². The summed E-state index contributed by atoms with van der Waals surface area (Å²) in [5, 5.41) is 2.78. The first-order chi connectivity index (χ1) is 9.71. The van der Waals surface area contributed by atoms with E-state index in [9.17, 15) is 4.79 Å². The van der Waals surface area contributed by atoms with Crippen molar-refractivity contribution in [2.75, 3.05) is 40.5 Å². The lowest BCUT2D eigenvalue weighted by Gasteiger charge is -2.10. The molecule has 0 bridgehead atoms. The average molecular weight is 282 g/mol. The molecule has 1 aromatic rings. The van der Waals surface area contributed by atoms with Crippen molar-refractivity contribution in [2.24, 2.45) is 5.73 Å². The number of benzene rings is 1. The second kappa shape index (κ2) is 9.17. The number of hydrogen-bond acceptors (Lipinski definition) is 5. The fraction of sp³-hybridized carbons (Fsp3) is 0.500. The molecule has 0 radical (unpaired) electrons. The lowest BCUT2D eigenvalue weighted by molar-refractivity contribution is -0.120. The van der Waals surface area contributed by atoms with Crippen LogP contribution in [0.15, 0.2) is 18.2 Å². The summed E-state index contributed by atoms with van der Waals surface area (Å²) in [7, 11) is 3.14. The van der Waals surface area contributed by atoms with Crippen molar-refractivity contribution in [3.63, 3.8) is 0 Å². The van der Waals surface area contributed by atoms with E-state index in [4.69, 9.17) is 19.9 Å². The van der Waals surface area contributed by atoms with Gasteiger partial charge in [-0.1, -0.05) is 6.07 Å². The molecule has 0 aliphatic heterocycles. The molecule has 1 aromatic carbocycles. The van der Waals surface area contributed by atoms with Crippen LogP contribution in [0.3, 0.4) is 0 Å². The largest absolute Gasteiger partial charge is 0.493 e. The summed E-state index contributed by atoms with van der Waals surface area (Å²) in [5.74, 6) is 1.20. The smallest absolute Gasteiger partial charge is 0.224 e. The highest BCUT2D eigenvalue weighted by Crippen LogP contribution is 2.27. The van der Waals surface area contributed by atoms with Gasteiger partial charge in [-0.15, -0.1) is 0 Å². The van der Waals surface area contributed by atoms with E-state index in [-0.39, 0.29) is 12.3 Å². The Kier molecular flexibility index (Phi) is 7.46. The van der Waals surface area contributed by atoms with Crippen molar-refractivity contribution < 1.29 is 19.0 Å². The van der Waals surface area contributed by atoms with E-state index >= 15 is 0 Å². The van der Waals surface area contributed by atoms with E-state index in [0.717, 1.165) is 5.56 Å². The van der Waals surface area contributed by atoms with E-state index < -0.39 is 0 Å². The molecule has 1 amide bonds. The van der Waals surface area contributed by atoms with Crippen molar-refractivity contribution in [2.45, 2.75) is 6.42 Å². The van der Waals surface area contributed by atoms with Gasteiger partial charge < -0.3 is 25.3 Å². The lowest BCUT2D eigenvalue weighted by atomic mass is 10.1. The maximum Gasteiger partial charge on any atom is 0.224 e. The molecule has 0 aromatic heterocycles. The van der Waals surface area contributed by atoms with Crippen LogP contribution in [-0.2, 0) is 16.0 Å². The first kappa shape index (κ1) is 16.3. The van der Waals surface area contributed by atoms with Gasteiger partial charge in [-0.3, -0.25) is 4.79 Å². The van der Waals surface area contributed by atoms with Crippen molar-refractivity contribution in [3.05, 3.63) is 23.8 Å². The minimum atomic E-state index is -0.0615. The third-order valence-electron chi connectivity index (χ3n) is 2.64. The fourth-order valence-corrected chi connectivity index (χ4v) is 1.69. The van der Waals surface area contributed by atoms with Crippen molar-refractivity contribution in [1.29, 1.82) is 0 Å². The molecule has 6 nitrogen and oxygen atoms in total. The van der Waals surface area contributed by atoms with Crippen LogP contribution in [0, 0.1) is 0 Å². The Hall–Kier alpha value is -1.79. The van der Waals surface area contributed by atoms with Gasteiger partial charge in [-0.05, 0) is 17.7 Å². The van der Waals surface area contributed by atoms with Gasteiger partial charge in [0.15, 0.2) is 11.5 Å². The molecular formula is C14H22N2O4. The predicted molar refractivity (Wildman–Crippen MR) is 76.1 cm³/mol. The second-order valence-electron chi connectivity index (χ2n) is 4.12. The third-order valence-corrected chi connectivity index (χ3v) is 2.64. The Labute approximate surface area is 119 Å². The molecule has 0 saturated heterocycles. The monoisotopic (exact) mass is 282 g/mol. The highest BCUT2D eigenvalue weighted by Gasteiger charge is 2.07. The normalized spacial score (nSPS) is 10.2. The highest BCUT2D eigenvalue weighted by atomic mass is 16.5. The van der Waals surface area contributed by atoms with Crippen LogP contribution in [0.1, 0.15) is 5.56 Å². The molecule has 0 heterocycles. The van der Waals surface area contributed by atoms with E-state index in [1.807, 2.05) is 6.07 Å². The zero-order valence-corrected chi connectivity index (χ0v) is 12.0. The van der Waals surface area contributed by atoms with Gasteiger partial charge >= 0.3 is 0 Å². The van der Waals surface area contributed by atoms with Crippen LogP contribution >= 0.6 is 0 Å². The zero-order valence-electron chi connectivity index (χ0n) is 12.0. The number of nitrogens with one attached hydrogen (secondary N) is 1. The molecule has 0 saturated carbocycles. The Morgan fingerprint density at radius 2 is 1.95 bits per heavy atom. The molecule has 0 spiro atoms. The van der Waals surface area contributed by atoms with Gasteiger partial charge in [0.2, 0.25) is 5.91 Å². The van der Waals surface area contributed by atoms with Gasteiger partial charge in [0.1, 0.15) is 0 Å². The summed E-state index contributed by atoms with van der Waals surface area (Å²) >= 11 is 0. The summed E-state index contributed by atoms with van der Waals surface area (Å²) in [4.78, 5) is 11.7. The first-order valence-corrected chi connectivity index (χ1v) is 6.46. The molecule has 0 fully saturated rings. The molecule has 0 aliphatic rings. The second-order valence-corrected chi connectivity index (χ2v) is 4.12. The standard InChI is InChI=1S/C14H22N2O4/c1-18-12-4-3-11(9-13(12)19-2)10-14(17)16-6-8-20-7-5-15/h3-4,9H,5-8,10,15H2,1-2H3,(H,16,17). The summed E-state index contributed by atoms with van der Waals surface area (Å²) < 4.78 is 15.5. The Balaban J connectivity index is 2.41. The van der Waals surface area contributed by atoms with Gasteiger partial charge in [-0.2, -0.15) is 0 Å². The van der Waals surface area contributed by atoms with Crippen molar-refractivity contribution >= 4 is 5.91 Å². The maximum absolute atomic E-state index is 11.7. The summed E-state index contributed by atoms with van der Waals surface area (Å²) in [5.41, 5.74) is 6.15. The molecule has 0 atom stereocenters. The topological polar surface area (TPSA) is 82.8 Å². The van der Waals surface area contributed by atoms with Crippen LogP contribution in [0.4, 0.5) is 0 Å². The third kappa shape index (κ3) is 5.46. The van der Waals surface area contributed by atoms with Gasteiger partial charge in [-0.25, -0.2) is 0 Å². The number of nitrogens with two attached hydrogens (primary N) is 1. The molecule has 6 heteroatoms. The Morgan fingerprint density at radius 3 is 2.60 bits per heavy atom. The molecule has 3 N–H and O–H groups in total. The number of ether oxygens (including phenoxy) is 3. The molecule has 112 valence electrons. The van der Waals surface area contributed by atoms with E-state index in [0.29, 0.717) is 37.8 Å². The number of hydrogen-bond donors (Lipinski definition) is 2. The van der Waals surface area contributed by atoms with Crippen molar-refractivity contribution in [3.8, 4) is 11.5 Å². The van der Waals surface area contributed by atoms with Crippen LogP contribution < -0.4 is 20.5 Å². The Bertz CT molecular complexity index is 424. The maximum atomic E-state index is 11.7. The quantitative estimate of drug-likeness (QED) is 0.638. The van der Waals surface area contributed by atoms with Crippen LogP contribution in [0.2, 0.25) is 0 Å². The molecule has 20 heavy (non-hydrogen) atoms. The van der Waals surface area contributed by atoms with E-state index in [1.54, 1.807) is 26.4 Å². The van der Waals surface area contributed by atoms with Crippen LogP contribution in [0.25, 0.3) is 0 Å². The van der Waals surface area contributed by atoms with E-state index in [2.05, 4.69) is 5.32 Å². The number of amides is 1. The lowest BCUT2D eigenvalue weighted by Crippen LogP contribution is -2.29. The minimum Gasteiger partial charge on any atom is -0.493 e. The summed E-state index contributed by atoms with van der Waals surface area (Å²) in [6.45, 7) is 1.94. The van der Waals surface area contributed by atoms with Gasteiger partial charge in [0, 0.05) is 13.1 Å². The number of carbonyl (C=O) groups is 1. The fourth-order valence-electron chi connectivity index (χ4n) is 1.69. The minimum absolute atomic E-state index is 0.0615. The summed E-state index contributed by atoms with van der Waals surface area (Å²) in [6, 6.07) is 5.42. The summed E-state index contributed by atoms with van der Waals surface area (Å²) in [6.07, 6.45) is 0.289. The van der Waals surface area contributed by atoms with Gasteiger partial charge in [0.05, 0.1) is 33.9 Å². The molecule has 0 aliphatic carbocycles. The molecule has 1 rings (SSSR count). The number of rotatable bonds is 9. The van der Waals surface area contributed by atoms with Crippen LogP contribution in [-0.4, -0.2) is 46.4 Å². The van der Waals surface area contributed by atoms with Gasteiger partial charge in [0.25, 0.3) is 0 Å². The molecule has 0 unspecified atom stereocenters. The highest BCUT2D eigenvalue weighted by molar-refractivity contribution is 5.78. The predicted octanol–water partition coefficient (Wildman–Crippen LogP) is 0.338. The SMILES string of the molecule is COc1ccc(CC(=O)NCCOCCN)cc1OC. The van der Waals surface area contributed by atoms with Crippen molar-refractivity contribution in [1.82, 2.24) is 5.32 Å². The Morgan fingerprint density at radius 1 is 1.20 bits per heavy atom. The van der Waals surface area contributed by atoms with E-state index in [1.165, 1.54) is 0 Å². The zero-order chi connectivity index (χ0) is 14.8. The number of methoxy groups -OCH3 is 2. The average Bonchev–Trinajstić information content (AvgIpc) is 2.46.